The minimum Gasteiger partial charge on any atom is -0.268 e. The van der Waals surface area contributed by atoms with Crippen LogP contribution in [0.15, 0.2) is 11.1 Å². The molecule has 0 bridgehead atoms. The Morgan fingerprint density at radius 2 is 1.91 bits per heavy atom. The Kier molecular flexibility index (Phi) is 5.56. The third-order valence-corrected chi connectivity index (χ3v) is 5.87. The number of hydrogen-bond acceptors (Lipinski definition) is 3. The highest BCUT2D eigenvalue weighted by Gasteiger charge is 2.31. The van der Waals surface area contributed by atoms with Crippen LogP contribution >= 0.6 is 0 Å². The van der Waals surface area contributed by atoms with Crippen molar-refractivity contribution in [1.29, 1.82) is 0 Å². The van der Waals surface area contributed by atoms with Gasteiger partial charge < -0.3 is 0 Å². The van der Waals surface area contributed by atoms with Gasteiger partial charge in [0.1, 0.15) is 4.90 Å². The quantitative estimate of drug-likeness (QED) is 0.859. The number of sulfonamides is 1. The van der Waals surface area contributed by atoms with E-state index in [1.165, 1.54) is 12.8 Å². The molecule has 1 N–H and O–H groups in total. The zero-order valence-corrected chi connectivity index (χ0v) is 15.9. The predicted molar refractivity (Wildman–Crippen MR) is 93.1 cm³/mol. The molecule has 0 aliphatic heterocycles. The number of rotatable bonds is 6. The van der Waals surface area contributed by atoms with E-state index in [1.807, 2.05) is 25.5 Å². The average molecular weight is 342 g/mol. The molecule has 0 atom stereocenters. The molecule has 0 unspecified atom stereocenters. The van der Waals surface area contributed by atoms with E-state index >= 15 is 0 Å². The van der Waals surface area contributed by atoms with Crippen LogP contribution in [0.1, 0.15) is 78.5 Å². The second-order valence-electron chi connectivity index (χ2n) is 8.09. The van der Waals surface area contributed by atoms with Crippen molar-refractivity contribution in [2.24, 2.45) is 5.92 Å². The fourth-order valence-corrected chi connectivity index (χ4v) is 4.40. The largest absolute Gasteiger partial charge is 0.268 e. The summed E-state index contributed by atoms with van der Waals surface area (Å²) in [6, 6.07) is 0.343. The van der Waals surface area contributed by atoms with Crippen molar-refractivity contribution in [1.82, 2.24) is 14.5 Å². The lowest BCUT2D eigenvalue weighted by molar-refractivity contribution is 0.448. The van der Waals surface area contributed by atoms with Gasteiger partial charge >= 0.3 is 0 Å². The van der Waals surface area contributed by atoms with Gasteiger partial charge in [0.15, 0.2) is 0 Å². The van der Waals surface area contributed by atoms with E-state index < -0.39 is 10.0 Å². The highest BCUT2D eigenvalue weighted by molar-refractivity contribution is 7.89. The number of nitrogens with zero attached hydrogens (tertiary/aromatic N) is 2. The molecule has 1 fully saturated rings. The highest BCUT2D eigenvalue weighted by atomic mass is 32.2. The predicted octanol–water partition coefficient (Wildman–Crippen LogP) is 3.62. The Labute approximate surface area is 140 Å². The van der Waals surface area contributed by atoms with Crippen LogP contribution in [0.25, 0.3) is 0 Å². The van der Waals surface area contributed by atoms with Crippen LogP contribution in [0, 0.1) is 5.92 Å². The first kappa shape index (κ1) is 18.5. The molecular formula is C17H31N3O2S. The van der Waals surface area contributed by atoms with Crippen LogP contribution in [0.3, 0.4) is 0 Å². The van der Waals surface area contributed by atoms with Gasteiger partial charge in [-0.25, -0.2) is 13.1 Å². The van der Waals surface area contributed by atoms with Gasteiger partial charge in [0.2, 0.25) is 10.0 Å². The van der Waals surface area contributed by atoms with E-state index in [0.29, 0.717) is 29.1 Å². The molecular weight excluding hydrogens is 310 g/mol. The third kappa shape index (κ3) is 4.57. The smallest absolute Gasteiger partial charge is 0.243 e. The Morgan fingerprint density at radius 3 is 2.43 bits per heavy atom. The van der Waals surface area contributed by atoms with Gasteiger partial charge in [-0.15, -0.1) is 0 Å². The van der Waals surface area contributed by atoms with Gasteiger partial charge in [-0.3, -0.25) is 4.68 Å². The van der Waals surface area contributed by atoms with Gasteiger partial charge in [0, 0.05) is 18.2 Å². The van der Waals surface area contributed by atoms with E-state index in [4.69, 9.17) is 0 Å². The fraction of sp³-hybridized carbons (Fsp3) is 0.824. The van der Waals surface area contributed by atoms with Crippen molar-refractivity contribution in [3.05, 3.63) is 11.9 Å². The Hall–Kier alpha value is -0.880. The summed E-state index contributed by atoms with van der Waals surface area (Å²) in [6.07, 6.45) is 7.15. The summed E-state index contributed by atoms with van der Waals surface area (Å²) in [5.74, 6) is 0.473. The SMILES string of the molecule is CC(C)CCNS(=O)(=O)c1cn(C2CCCC2)nc1C(C)(C)C. The monoisotopic (exact) mass is 341 g/mol. The first-order valence-corrected chi connectivity index (χ1v) is 10.2. The van der Waals surface area contributed by atoms with Crippen molar-refractivity contribution in [3.8, 4) is 0 Å². The third-order valence-electron chi connectivity index (χ3n) is 4.41. The van der Waals surface area contributed by atoms with Crippen molar-refractivity contribution in [3.63, 3.8) is 0 Å². The Bertz CT molecular complexity index is 621. The van der Waals surface area contributed by atoms with E-state index in [-0.39, 0.29) is 5.41 Å². The summed E-state index contributed by atoms with van der Waals surface area (Å²) in [6.45, 7) is 10.7. The standard InChI is InChI=1S/C17H31N3O2S/c1-13(2)10-11-18-23(21,22)15-12-20(14-8-6-7-9-14)19-16(15)17(3,4)5/h12-14,18H,6-11H2,1-5H3. The summed E-state index contributed by atoms with van der Waals surface area (Å²) in [5.41, 5.74) is 0.368. The zero-order valence-electron chi connectivity index (χ0n) is 15.1. The normalized spacial score (nSPS) is 17.3. The van der Waals surface area contributed by atoms with Gasteiger partial charge in [-0.2, -0.15) is 5.10 Å². The van der Waals surface area contributed by atoms with Gasteiger partial charge in [-0.05, 0) is 25.2 Å². The fourth-order valence-electron chi connectivity index (χ4n) is 3.01. The van der Waals surface area contributed by atoms with Crippen molar-refractivity contribution in [2.45, 2.75) is 83.1 Å². The summed E-state index contributed by atoms with van der Waals surface area (Å²) < 4.78 is 30.1. The Balaban J connectivity index is 2.31. The van der Waals surface area contributed by atoms with Crippen LogP contribution < -0.4 is 4.72 Å². The average Bonchev–Trinajstić information content (AvgIpc) is 3.06. The highest BCUT2D eigenvalue weighted by Crippen LogP contribution is 2.33. The second kappa shape index (κ2) is 6.93. The van der Waals surface area contributed by atoms with E-state index in [2.05, 4.69) is 23.7 Å². The van der Waals surface area contributed by atoms with E-state index in [1.54, 1.807) is 6.20 Å². The second-order valence-corrected chi connectivity index (χ2v) is 9.83. The molecule has 0 radical (unpaired) electrons. The van der Waals surface area contributed by atoms with Crippen molar-refractivity contribution >= 4 is 10.0 Å². The maximum absolute atomic E-state index is 12.7. The first-order valence-electron chi connectivity index (χ1n) is 8.70. The number of nitrogens with one attached hydrogen (secondary N) is 1. The molecule has 5 nitrogen and oxygen atoms in total. The van der Waals surface area contributed by atoms with Gasteiger partial charge in [0.05, 0.1) is 11.7 Å². The molecule has 1 aromatic rings. The molecule has 0 aromatic carbocycles. The molecule has 1 aromatic heterocycles. The number of hydrogen-bond donors (Lipinski definition) is 1. The maximum atomic E-state index is 12.7. The van der Waals surface area contributed by atoms with E-state index in [9.17, 15) is 8.42 Å². The summed E-state index contributed by atoms with van der Waals surface area (Å²) in [5, 5.41) is 4.67. The zero-order chi connectivity index (χ0) is 17.3. The molecule has 0 saturated heterocycles. The van der Waals surface area contributed by atoms with Crippen molar-refractivity contribution < 1.29 is 8.42 Å². The summed E-state index contributed by atoms with van der Waals surface area (Å²) >= 11 is 0. The molecule has 23 heavy (non-hydrogen) atoms. The molecule has 1 aliphatic carbocycles. The molecule has 0 spiro atoms. The summed E-state index contributed by atoms with van der Waals surface area (Å²) in [4.78, 5) is 0.348. The molecule has 2 rings (SSSR count). The lowest BCUT2D eigenvalue weighted by atomic mass is 9.92. The molecule has 1 aliphatic rings. The van der Waals surface area contributed by atoms with Crippen LogP contribution in [0.4, 0.5) is 0 Å². The lowest BCUT2D eigenvalue weighted by Gasteiger charge is -2.18. The van der Waals surface area contributed by atoms with E-state index in [0.717, 1.165) is 19.3 Å². The molecule has 1 saturated carbocycles. The number of aromatic nitrogens is 2. The molecule has 132 valence electrons. The first-order chi connectivity index (χ1) is 10.6. The van der Waals surface area contributed by atoms with Gasteiger partial charge in [0.25, 0.3) is 0 Å². The summed E-state index contributed by atoms with van der Waals surface area (Å²) in [7, 11) is -3.51. The molecule has 6 heteroatoms. The van der Waals surface area contributed by atoms with Gasteiger partial charge in [-0.1, -0.05) is 47.5 Å². The van der Waals surface area contributed by atoms with Crippen LogP contribution in [0.2, 0.25) is 0 Å². The van der Waals surface area contributed by atoms with Crippen LogP contribution in [0.5, 0.6) is 0 Å². The molecule has 1 heterocycles. The lowest BCUT2D eigenvalue weighted by Crippen LogP contribution is -2.28. The minimum absolute atomic E-state index is 0.300. The van der Waals surface area contributed by atoms with Crippen molar-refractivity contribution in [2.75, 3.05) is 6.54 Å². The van der Waals surface area contributed by atoms with Crippen LogP contribution in [-0.4, -0.2) is 24.7 Å². The minimum atomic E-state index is -3.51. The Morgan fingerprint density at radius 1 is 1.30 bits per heavy atom. The van der Waals surface area contributed by atoms with Crippen LogP contribution in [-0.2, 0) is 15.4 Å². The molecule has 0 amide bonds. The topological polar surface area (TPSA) is 64.0 Å². The maximum Gasteiger partial charge on any atom is 0.243 e.